The van der Waals surface area contributed by atoms with Gasteiger partial charge in [0.2, 0.25) is 5.91 Å². The Hall–Kier alpha value is -0.940. The third-order valence-electron chi connectivity index (χ3n) is 2.74. The van der Waals surface area contributed by atoms with Crippen molar-refractivity contribution in [1.29, 1.82) is 0 Å². The van der Waals surface area contributed by atoms with Gasteiger partial charge in [-0.3, -0.25) is 10.1 Å². The number of nitrogens with one attached hydrogen (secondary N) is 1. The summed E-state index contributed by atoms with van der Waals surface area (Å²) in [5.74, 6) is -0.312. The topological polar surface area (TPSA) is 32.3 Å². The zero-order valence-electron chi connectivity index (χ0n) is 11.0. The molecule has 5 heteroatoms. The molecule has 0 fully saturated rings. The molecule has 0 bridgehead atoms. The van der Waals surface area contributed by atoms with Gasteiger partial charge < -0.3 is 4.90 Å². The molecule has 18 heavy (non-hydrogen) atoms. The number of hydrogen-bond donors (Lipinski definition) is 1. The van der Waals surface area contributed by atoms with Crippen molar-refractivity contribution < 1.29 is 9.18 Å². The molecule has 1 amide bonds. The summed E-state index contributed by atoms with van der Waals surface area (Å²) in [6.07, 6.45) is 0. The van der Waals surface area contributed by atoms with E-state index in [-0.39, 0.29) is 23.8 Å². The highest BCUT2D eigenvalue weighted by atomic mass is 79.9. The lowest BCUT2D eigenvalue weighted by Crippen LogP contribution is -2.42. The summed E-state index contributed by atoms with van der Waals surface area (Å²) < 4.78 is 14.4. The SMILES string of the molecule is CC(NC(C)c1ccc(Br)cc1F)C(=O)N(C)C. The van der Waals surface area contributed by atoms with Crippen molar-refractivity contribution in [3.8, 4) is 0 Å². The van der Waals surface area contributed by atoms with Crippen LogP contribution in [-0.2, 0) is 4.79 Å². The fourth-order valence-electron chi connectivity index (χ4n) is 1.78. The Labute approximate surface area is 115 Å². The minimum absolute atomic E-state index is 0.0284. The number of rotatable bonds is 4. The molecule has 100 valence electrons. The molecule has 3 nitrogen and oxygen atoms in total. The molecule has 1 aromatic rings. The molecule has 0 radical (unpaired) electrons. The minimum atomic E-state index is -0.349. The average molecular weight is 317 g/mol. The molecule has 0 heterocycles. The molecule has 1 rings (SSSR count). The van der Waals surface area contributed by atoms with E-state index in [1.165, 1.54) is 11.0 Å². The second kappa shape index (κ2) is 6.29. The molecule has 0 aliphatic heterocycles. The first-order valence-electron chi connectivity index (χ1n) is 5.75. The molecule has 2 atom stereocenters. The van der Waals surface area contributed by atoms with Crippen LogP contribution in [0.4, 0.5) is 4.39 Å². The molecule has 1 N–H and O–H groups in total. The summed E-state index contributed by atoms with van der Waals surface area (Å²) in [6.45, 7) is 3.61. The number of likely N-dealkylation sites (N-methyl/N-ethyl adjacent to an activating group) is 1. The van der Waals surface area contributed by atoms with Gasteiger partial charge in [0.05, 0.1) is 6.04 Å². The van der Waals surface area contributed by atoms with Crippen molar-refractivity contribution in [3.05, 3.63) is 34.1 Å². The number of carbonyl (C=O) groups is 1. The molecule has 2 unspecified atom stereocenters. The Morgan fingerprint density at radius 2 is 2.00 bits per heavy atom. The Morgan fingerprint density at radius 1 is 1.39 bits per heavy atom. The number of benzene rings is 1. The van der Waals surface area contributed by atoms with Crippen LogP contribution in [0.25, 0.3) is 0 Å². The van der Waals surface area contributed by atoms with Crippen LogP contribution in [-0.4, -0.2) is 30.9 Å². The lowest BCUT2D eigenvalue weighted by atomic mass is 10.1. The van der Waals surface area contributed by atoms with Crippen molar-refractivity contribution >= 4 is 21.8 Å². The standard InChI is InChI=1S/C13H18BrFN2O/c1-8(16-9(2)13(18)17(3)4)11-6-5-10(14)7-12(11)15/h5-9,16H,1-4H3. The van der Waals surface area contributed by atoms with Gasteiger partial charge in [-0.15, -0.1) is 0 Å². The second-order valence-electron chi connectivity index (χ2n) is 4.51. The molecule has 0 saturated carbocycles. The summed E-state index contributed by atoms with van der Waals surface area (Å²) in [5.41, 5.74) is 0.552. The first-order valence-corrected chi connectivity index (χ1v) is 6.54. The van der Waals surface area contributed by atoms with Crippen LogP contribution >= 0.6 is 15.9 Å². The third-order valence-corrected chi connectivity index (χ3v) is 3.23. The molecule has 0 spiro atoms. The van der Waals surface area contributed by atoms with Gasteiger partial charge in [0.25, 0.3) is 0 Å². The average Bonchev–Trinajstić information content (AvgIpc) is 2.27. The van der Waals surface area contributed by atoms with E-state index in [4.69, 9.17) is 0 Å². The van der Waals surface area contributed by atoms with Crippen LogP contribution in [0.5, 0.6) is 0 Å². The largest absolute Gasteiger partial charge is 0.347 e. The lowest BCUT2D eigenvalue weighted by Gasteiger charge is -2.22. The van der Waals surface area contributed by atoms with Crippen molar-refractivity contribution in [3.63, 3.8) is 0 Å². The third kappa shape index (κ3) is 3.78. The zero-order chi connectivity index (χ0) is 13.9. The predicted molar refractivity (Wildman–Crippen MR) is 73.8 cm³/mol. The number of halogens is 2. The van der Waals surface area contributed by atoms with Gasteiger partial charge in [-0.25, -0.2) is 4.39 Å². The normalized spacial score (nSPS) is 14.1. The molecular weight excluding hydrogens is 299 g/mol. The van der Waals surface area contributed by atoms with E-state index in [2.05, 4.69) is 21.2 Å². The predicted octanol–water partition coefficient (Wildman–Crippen LogP) is 2.72. The van der Waals surface area contributed by atoms with E-state index in [9.17, 15) is 9.18 Å². The summed E-state index contributed by atoms with van der Waals surface area (Å²) in [5, 5.41) is 3.09. The molecule has 0 aliphatic carbocycles. The molecular formula is C13H18BrFN2O. The maximum atomic E-state index is 13.7. The highest BCUT2D eigenvalue weighted by Crippen LogP contribution is 2.21. The van der Waals surface area contributed by atoms with Crippen molar-refractivity contribution in [2.45, 2.75) is 25.9 Å². The maximum Gasteiger partial charge on any atom is 0.238 e. The van der Waals surface area contributed by atoms with E-state index < -0.39 is 0 Å². The highest BCUT2D eigenvalue weighted by Gasteiger charge is 2.19. The number of nitrogens with zero attached hydrogens (tertiary/aromatic N) is 1. The summed E-state index contributed by atoms with van der Waals surface area (Å²) >= 11 is 3.22. The minimum Gasteiger partial charge on any atom is -0.347 e. The van der Waals surface area contributed by atoms with E-state index in [1.54, 1.807) is 33.2 Å². The highest BCUT2D eigenvalue weighted by molar-refractivity contribution is 9.10. The van der Waals surface area contributed by atoms with Crippen molar-refractivity contribution in [2.75, 3.05) is 14.1 Å². The van der Waals surface area contributed by atoms with E-state index in [0.717, 1.165) is 0 Å². The fraction of sp³-hybridized carbons (Fsp3) is 0.462. The summed E-state index contributed by atoms with van der Waals surface area (Å²) in [4.78, 5) is 13.2. The van der Waals surface area contributed by atoms with Gasteiger partial charge in [0.1, 0.15) is 5.82 Å². The second-order valence-corrected chi connectivity index (χ2v) is 5.42. The van der Waals surface area contributed by atoms with Crippen molar-refractivity contribution in [1.82, 2.24) is 10.2 Å². The van der Waals surface area contributed by atoms with Gasteiger partial charge in [0, 0.05) is 30.2 Å². The van der Waals surface area contributed by atoms with E-state index >= 15 is 0 Å². The van der Waals surface area contributed by atoms with Crippen LogP contribution < -0.4 is 5.32 Å². The smallest absolute Gasteiger partial charge is 0.238 e. The van der Waals surface area contributed by atoms with Crippen LogP contribution in [0.2, 0.25) is 0 Å². The van der Waals surface area contributed by atoms with Gasteiger partial charge in [-0.1, -0.05) is 22.0 Å². The van der Waals surface area contributed by atoms with Crippen LogP contribution in [0, 0.1) is 5.82 Å². The lowest BCUT2D eigenvalue weighted by molar-refractivity contribution is -0.130. The van der Waals surface area contributed by atoms with E-state index in [1.807, 2.05) is 6.92 Å². The van der Waals surface area contributed by atoms with Gasteiger partial charge in [-0.2, -0.15) is 0 Å². The Balaban J connectivity index is 2.76. The molecule has 0 aliphatic rings. The maximum absolute atomic E-state index is 13.7. The van der Waals surface area contributed by atoms with Gasteiger partial charge in [-0.05, 0) is 26.0 Å². The van der Waals surface area contributed by atoms with Crippen molar-refractivity contribution in [2.24, 2.45) is 0 Å². The van der Waals surface area contributed by atoms with Crippen LogP contribution in [0.1, 0.15) is 25.5 Å². The summed E-state index contributed by atoms with van der Waals surface area (Å²) in [6, 6.07) is 4.35. The quantitative estimate of drug-likeness (QED) is 0.926. The Bertz CT molecular complexity index is 437. The van der Waals surface area contributed by atoms with Crippen LogP contribution in [0.3, 0.4) is 0 Å². The Kier molecular flexibility index (Phi) is 5.28. The molecule has 1 aromatic carbocycles. The van der Waals surface area contributed by atoms with Crippen LogP contribution in [0.15, 0.2) is 22.7 Å². The molecule has 0 aromatic heterocycles. The van der Waals surface area contributed by atoms with E-state index in [0.29, 0.717) is 10.0 Å². The van der Waals surface area contributed by atoms with Gasteiger partial charge >= 0.3 is 0 Å². The Morgan fingerprint density at radius 3 is 2.50 bits per heavy atom. The molecule has 0 saturated heterocycles. The first kappa shape index (κ1) is 15.1. The number of carbonyl (C=O) groups excluding carboxylic acids is 1. The zero-order valence-corrected chi connectivity index (χ0v) is 12.6. The number of amides is 1. The van der Waals surface area contributed by atoms with Gasteiger partial charge in [0.15, 0.2) is 0 Å². The fourth-order valence-corrected chi connectivity index (χ4v) is 2.11. The number of hydrogen-bond acceptors (Lipinski definition) is 2. The first-order chi connectivity index (χ1) is 8.32. The monoisotopic (exact) mass is 316 g/mol. The summed E-state index contributed by atoms with van der Waals surface area (Å²) in [7, 11) is 3.40.